The standard InChI is InChI=1S/C33H39NO2/c1-6-7-25(20-24(3)35-22-26-10-14-29(34)15-11-26)9-8-23(2)27-12-16-30-28(21-27)13-17-32-31(30)18-19-33(4,5)36-32/h8-11,13-15,17-21H,6-7,12,16,22,34H2,1-5H3/b23-8+,24-20+,25-9-. The highest BCUT2D eigenvalue weighted by molar-refractivity contribution is 5.74. The number of benzene rings is 2. The lowest BCUT2D eigenvalue weighted by atomic mass is 9.85. The molecule has 0 amide bonds. The van der Waals surface area contributed by atoms with Gasteiger partial charge in [-0.2, -0.15) is 0 Å². The Balaban J connectivity index is 1.48. The quantitative estimate of drug-likeness (QED) is 0.233. The molecule has 0 aromatic heterocycles. The monoisotopic (exact) mass is 481 g/mol. The molecule has 1 aliphatic heterocycles. The van der Waals surface area contributed by atoms with Crippen molar-refractivity contribution in [1.29, 1.82) is 0 Å². The summed E-state index contributed by atoms with van der Waals surface area (Å²) in [6, 6.07) is 12.2. The van der Waals surface area contributed by atoms with Crippen LogP contribution in [0.4, 0.5) is 5.69 Å². The summed E-state index contributed by atoms with van der Waals surface area (Å²) in [5.74, 6) is 1.92. The van der Waals surface area contributed by atoms with Gasteiger partial charge in [0.1, 0.15) is 18.0 Å². The molecule has 0 spiro atoms. The molecule has 1 aliphatic carbocycles. The van der Waals surface area contributed by atoms with Gasteiger partial charge in [0.2, 0.25) is 0 Å². The molecule has 3 nitrogen and oxygen atoms in total. The topological polar surface area (TPSA) is 44.5 Å². The molecule has 0 unspecified atom stereocenters. The number of hydrogen-bond acceptors (Lipinski definition) is 3. The van der Waals surface area contributed by atoms with E-state index in [2.05, 4.69) is 76.3 Å². The maximum Gasteiger partial charge on any atom is 0.128 e. The summed E-state index contributed by atoms with van der Waals surface area (Å²) in [6.45, 7) is 11.2. The molecule has 0 saturated heterocycles. The average molecular weight is 482 g/mol. The van der Waals surface area contributed by atoms with Gasteiger partial charge in [0.05, 0.1) is 5.76 Å². The maximum absolute atomic E-state index is 6.18. The van der Waals surface area contributed by atoms with Gasteiger partial charge in [-0.3, -0.25) is 0 Å². The first kappa shape index (κ1) is 25.6. The Bertz CT molecular complexity index is 1250. The second-order valence-electron chi connectivity index (χ2n) is 10.4. The molecule has 2 N–H and O–H groups in total. The average Bonchev–Trinajstić information content (AvgIpc) is 2.85. The minimum absolute atomic E-state index is 0.243. The maximum atomic E-state index is 6.18. The first-order valence-electron chi connectivity index (χ1n) is 13.0. The molecule has 2 aromatic rings. The van der Waals surface area contributed by atoms with Crippen molar-refractivity contribution >= 4 is 17.8 Å². The van der Waals surface area contributed by atoms with Crippen molar-refractivity contribution < 1.29 is 9.47 Å². The van der Waals surface area contributed by atoms with Crippen LogP contribution in [0, 0.1) is 0 Å². The van der Waals surface area contributed by atoms with E-state index in [1.807, 2.05) is 31.2 Å². The summed E-state index contributed by atoms with van der Waals surface area (Å²) >= 11 is 0. The second-order valence-corrected chi connectivity index (χ2v) is 10.4. The number of nitrogens with two attached hydrogens (primary N) is 1. The molecular formula is C33H39NO2. The molecule has 0 fully saturated rings. The normalized spacial score (nSPS) is 17.1. The second kappa shape index (κ2) is 11.1. The Morgan fingerprint density at radius 2 is 1.83 bits per heavy atom. The molecule has 0 atom stereocenters. The van der Waals surface area contributed by atoms with Gasteiger partial charge in [0.25, 0.3) is 0 Å². The molecule has 0 radical (unpaired) electrons. The summed E-state index contributed by atoms with van der Waals surface area (Å²) in [5.41, 5.74) is 15.4. The third-order valence-electron chi connectivity index (χ3n) is 6.78. The molecule has 1 heterocycles. The lowest BCUT2D eigenvalue weighted by Crippen LogP contribution is -2.28. The van der Waals surface area contributed by atoms with Crippen LogP contribution in [0.1, 0.15) is 76.1 Å². The number of anilines is 1. The Labute approximate surface area is 216 Å². The van der Waals surface area contributed by atoms with E-state index in [4.69, 9.17) is 15.2 Å². The van der Waals surface area contributed by atoms with Gasteiger partial charge in [-0.05, 0) is 111 Å². The molecule has 4 rings (SSSR count). The van der Waals surface area contributed by atoms with E-state index >= 15 is 0 Å². The van der Waals surface area contributed by atoms with Crippen molar-refractivity contribution in [2.45, 2.75) is 72.5 Å². The number of allylic oxidation sites excluding steroid dienone is 7. The van der Waals surface area contributed by atoms with Crippen molar-refractivity contribution in [1.82, 2.24) is 0 Å². The molecule has 0 saturated carbocycles. The van der Waals surface area contributed by atoms with Gasteiger partial charge < -0.3 is 15.2 Å². The largest absolute Gasteiger partial charge is 0.494 e. The highest BCUT2D eigenvalue weighted by Gasteiger charge is 2.25. The van der Waals surface area contributed by atoms with Crippen LogP contribution in [0.15, 0.2) is 83.2 Å². The van der Waals surface area contributed by atoms with E-state index in [1.165, 1.54) is 33.4 Å². The first-order chi connectivity index (χ1) is 17.2. The lowest BCUT2D eigenvalue weighted by molar-refractivity contribution is 0.159. The van der Waals surface area contributed by atoms with Crippen LogP contribution in [-0.4, -0.2) is 5.60 Å². The minimum atomic E-state index is -0.243. The van der Waals surface area contributed by atoms with Crippen LogP contribution in [-0.2, 0) is 17.8 Å². The summed E-state index contributed by atoms with van der Waals surface area (Å²) in [6.07, 6.45) is 17.6. The van der Waals surface area contributed by atoms with Crippen LogP contribution in [0.5, 0.6) is 5.75 Å². The smallest absolute Gasteiger partial charge is 0.128 e. The molecule has 36 heavy (non-hydrogen) atoms. The van der Waals surface area contributed by atoms with Gasteiger partial charge in [0, 0.05) is 11.3 Å². The fourth-order valence-electron chi connectivity index (χ4n) is 4.72. The zero-order valence-corrected chi connectivity index (χ0v) is 22.4. The zero-order valence-electron chi connectivity index (χ0n) is 22.4. The van der Waals surface area contributed by atoms with E-state index in [-0.39, 0.29) is 5.60 Å². The number of rotatable bonds is 8. The molecule has 0 bridgehead atoms. The van der Waals surface area contributed by atoms with Crippen molar-refractivity contribution in [3.63, 3.8) is 0 Å². The Kier molecular flexibility index (Phi) is 7.88. The fourth-order valence-corrected chi connectivity index (χ4v) is 4.72. The van der Waals surface area contributed by atoms with Crippen molar-refractivity contribution in [3.8, 4) is 5.75 Å². The Morgan fingerprint density at radius 1 is 1.06 bits per heavy atom. The zero-order chi connectivity index (χ0) is 25.7. The summed E-state index contributed by atoms with van der Waals surface area (Å²) in [4.78, 5) is 0. The number of ether oxygens (including phenoxy) is 2. The minimum Gasteiger partial charge on any atom is -0.494 e. The third-order valence-corrected chi connectivity index (χ3v) is 6.78. The highest BCUT2D eigenvalue weighted by atomic mass is 16.5. The first-order valence-corrected chi connectivity index (χ1v) is 13.0. The molecule has 188 valence electrons. The molecule has 3 heteroatoms. The number of fused-ring (bicyclic) bond motifs is 3. The fraction of sp³-hybridized carbons (Fsp3) is 0.333. The van der Waals surface area contributed by atoms with Gasteiger partial charge in [-0.1, -0.05) is 55.8 Å². The number of nitrogen functional groups attached to an aromatic ring is 1. The summed E-state index contributed by atoms with van der Waals surface area (Å²) < 4.78 is 12.2. The SMILES string of the molecule is CCCC(=C/C=C(\C)C1=Cc2ccc3c(c2CC1)C=CC(C)(C)O3)/C=C(\C)OCc1ccc(N)cc1. The van der Waals surface area contributed by atoms with Crippen molar-refractivity contribution in [2.24, 2.45) is 0 Å². The Hall–Kier alpha value is -3.46. The van der Waals surface area contributed by atoms with Gasteiger partial charge in [-0.15, -0.1) is 0 Å². The van der Waals surface area contributed by atoms with E-state index in [9.17, 15) is 0 Å². The van der Waals surface area contributed by atoms with E-state index in [0.29, 0.717) is 6.61 Å². The van der Waals surface area contributed by atoms with Crippen molar-refractivity contribution in [3.05, 3.63) is 105 Å². The summed E-state index contributed by atoms with van der Waals surface area (Å²) in [7, 11) is 0. The van der Waals surface area contributed by atoms with Crippen LogP contribution < -0.4 is 10.5 Å². The van der Waals surface area contributed by atoms with E-state index in [0.717, 1.165) is 48.4 Å². The third kappa shape index (κ3) is 6.40. The molecule has 2 aliphatic rings. The number of hydrogen-bond donors (Lipinski definition) is 1. The van der Waals surface area contributed by atoms with E-state index < -0.39 is 0 Å². The lowest BCUT2D eigenvalue weighted by Gasteiger charge is -2.30. The van der Waals surface area contributed by atoms with Crippen molar-refractivity contribution in [2.75, 3.05) is 5.73 Å². The van der Waals surface area contributed by atoms with E-state index in [1.54, 1.807) is 0 Å². The van der Waals surface area contributed by atoms with Gasteiger partial charge in [0.15, 0.2) is 0 Å². The van der Waals surface area contributed by atoms with Crippen LogP contribution in [0.3, 0.4) is 0 Å². The predicted molar refractivity (Wildman–Crippen MR) is 153 cm³/mol. The van der Waals surface area contributed by atoms with Crippen LogP contribution in [0.25, 0.3) is 12.2 Å². The van der Waals surface area contributed by atoms with Crippen LogP contribution >= 0.6 is 0 Å². The van der Waals surface area contributed by atoms with Crippen LogP contribution in [0.2, 0.25) is 0 Å². The summed E-state index contributed by atoms with van der Waals surface area (Å²) in [5, 5.41) is 0. The van der Waals surface area contributed by atoms with Gasteiger partial charge in [-0.25, -0.2) is 0 Å². The molecule has 2 aromatic carbocycles. The predicted octanol–water partition coefficient (Wildman–Crippen LogP) is 8.58. The molecular weight excluding hydrogens is 442 g/mol. The Morgan fingerprint density at radius 3 is 2.58 bits per heavy atom. The highest BCUT2D eigenvalue weighted by Crippen LogP contribution is 2.39. The van der Waals surface area contributed by atoms with Gasteiger partial charge >= 0.3 is 0 Å².